The third-order valence-electron chi connectivity index (χ3n) is 2.80. The molecule has 2 heterocycles. The van der Waals surface area contributed by atoms with E-state index in [0.29, 0.717) is 0 Å². The quantitative estimate of drug-likeness (QED) is 0.823. The van der Waals surface area contributed by atoms with Gasteiger partial charge < -0.3 is 14.6 Å². The van der Waals surface area contributed by atoms with Gasteiger partial charge in [0, 0.05) is 47.6 Å². The smallest absolute Gasteiger partial charge is 0.120 e. The Labute approximate surface area is 111 Å². The molecule has 0 atom stereocenters. The number of H-pyrrole nitrogens is 1. The number of aromatic nitrogens is 1. The van der Waals surface area contributed by atoms with E-state index in [9.17, 15) is 0 Å². The first-order valence-electron chi connectivity index (χ1n) is 8.90. The maximum atomic E-state index is 8.39. The number of fused-ring (bicyclic) bond motifs is 3. The van der Waals surface area contributed by atoms with Crippen LogP contribution in [0.2, 0.25) is 0 Å². The lowest BCUT2D eigenvalue weighted by atomic mass is 10.1. The monoisotopic (exact) mass is 237 g/mol. The number of rotatable bonds is 1. The summed E-state index contributed by atoms with van der Waals surface area (Å²) in [7, 11) is 2.94. The van der Waals surface area contributed by atoms with Gasteiger partial charge in [-0.3, -0.25) is 0 Å². The molecular formula is C14H18N2O. The van der Waals surface area contributed by atoms with Crippen LogP contribution in [0.25, 0.3) is 10.9 Å². The lowest BCUT2D eigenvalue weighted by Gasteiger charge is -2.11. The van der Waals surface area contributed by atoms with Crippen LogP contribution in [0.4, 0.5) is 0 Å². The standard InChI is InChI=1S/C14H18N2O/c1-16-7-5-12-11-4-3-10(17-2)9-14(11)15-13(12)6-8-16/h3-4,9,15H,5-8H2,1-2H3/i3D,4D,5D2,6D2,9D. The fraction of sp³-hybridized carbons (Fsp3) is 0.429. The summed E-state index contributed by atoms with van der Waals surface area (Å²) in [6, 6.07) is -0.730. The Kier molecular flexibility index (Phi) is 1.30. The second kappa shape index (κ2) is 4.08. The molecule has 0 fully saturated rings. The second-order valence-electron chi connectivity index (χ2n) is 4.06. The van der Waals surface area contributed by atoms with E-state index in [4.69, 9.17) is 14.3 Å². The number of ether oxygens (including phenoxy) is 1. The Balaban J connectivity index is 2.50. The zero-order valence-corrected chi connectivity index (χ0v) is 9.77. The van der Waals surface area contributed by atoms with Crippen molar-refractivity contribution in [2.24, 2.45) is 0 Å². The molecule has 1 aliphatic heterocycles. The van der Waals surface area contributed by atoms with Gasteiger partial charge in [-0.25, -0.2) is 0 Å². The zero-order chi connectivity index (χ0) is 18.0. The van der Waals surface area contributed by atoms with E-state index >= 15 is 0 Å². The maximum absolute atomic E-state index is 8.39. The summed E-state index contributed by atoms with van der Waals surface area (Å²) in [6.45, 7) is -0.0591. The van der Waals surface area contributed by atoms with Crippen molar-refractivity contribution < 1.29 is 14.3 Å². The van der Waals surface area contributed by atoms with Gasteiger partial charge in [0.1, 0.15) is 5.75 Å². The van der Waals surface area contributed by atoms with Crippen LogP contribution in [0.3, 0.4) is 0 Å². The molecule has 1 aliphatic rings. The molecule has 0 radical (unpaired) electrons. The van der Waals surface area contributed by atoms with Gasteiger partial charge in [0.15, 0.2) is 0 Å². The number of aromatic amines is 1. The molecule has 0 aliphatic carbocycles. The lowest BCUT2D eigenvalue weighted by Crippen LogP contribution is -2.21. The van der Waals surface area contributed by atoms with Crippen LogP contribution in [0.15, 0.2) is 18.1 Å². The molecule has 3 heteroatoms. The van der Waals surface area contributed by atoms with Gasteiger partial charge in [-0.2, -0.15) is 0 Å². The largest absolute Gasteiger partial charge is 0.497 e. The number of methoxy groups -OCH3 is 1. The average molecular weight is 237 g/mol. The van der Waals surface area contributed by atoms with E-state index in [2.05, 4.69) is 4.98 Å². The molecule has 1 aromatic heterocycles. The maximum Gasteiger partial charge on any atom is 0.120 e. The Morgan fingerprint density at radius 3 is 3.06 bits per heavy atom. The SMILES string of the molecule is [2H]c1c(OC)c([2H])c2[nH]c3c(c2c1[2H])C([2H])([2H])CN(C)CC3([2H])[2H]. The Morgan fingerprint density at radius 1 is 1.41 bits per heavy atom. The summed E-state index contributed by atoms with van der Waals surface area (Å²) < 4.78 is 62.9. The molecule has 0 unspecified atom stereocenters. The lowest BCUT2D eigenvalue weighted by molar-refractivity contribution is 0.352. The molecule has 0 bridgehead atoms. The molecule has 1 aromatic carbocycles. The fourth-order valence-electron chi connectivity index (χ4n) is 1.88. The van der Waals surface area contributed by atoms with Gasteiger partial charge in [0.05, 0.1) is 11.2 Å². The summed E-state index contributed by atoms with van der Waals surface area (Å²) in [6.07, 6.45) is -3.79. The van der Waals surface area contributed by atoms with Crippen LogP contribution in [0.5, 0.6) is 5.75 Å². The fourth-order valence-corrected chi connectivity index (χ4v) is 1.88. The Hall–Kier alpha value is -1.48. The van der Waals surface area contributed by atoms with Crippen LogP contribution in [0.1, 0.15) is 20.9 Å². The first-order chi connectivity index (χ1) is 11.0. The molecule has 90 valence electrons. The van der Waals surface area contributed by atoms with Gasteiger partial charge in [-0.1, -0.05) is 0 Å². The molecule has 3 rings (SSSR count). The van der Waals surface area contributed by atoms with Gasteiger partial charge >= 0.3 is 0 Å². The number of benzene rings is 1. The summed E-state index contributed by atoms with van der Waals surface area (Å²) in [5, 5.41) is 0.0879. The highest BCUT2D eigenvalue weighted by atomic mass is 16.5. The van der Waals surface area contributed by atoms with E-state index in [1.165, 1.54) is 7.11 Å². The zero-order valence-electron chi connectivity index (χ0n) is 16.8. The van der Waals surface area contributed by atoms with Crippen molar-refractivity contribution in [3.8, 4) is 5.75 Å². The molecule has 0 spiro atoms. The molecule has 3 nitrogen and oxygen atoms in total. The molecule has 2 aromatic rings. The normalized spacial score (nSPS) is 28.7. The van der Waals surface area contributed by atoms with Crippen LogP contribution in [-0.4, -0.2) is 37.1 Å². The predicted octanol–water partition coefficient (Wildman–Crippen LogP) is 2.21. The van der Waals surface area contributed by atoms with E-state index in [1.807, 2.05) is 0 Å². The van der Waals surface area contributed by atoms with Crippen molar-refractivity contribution in [3.05, 3.63) is 29.4 Å². The van der Waals surface area contributed by atoms with Gasteiger partial charge in [-0.15, -0.1) is 0 Å². The summed E-state index contributed by atoms with van der Waals surface area (Å²) in [5.74, 6) is -0.0813. The minimum Gasteiger partial charge on any atom is -0.497 e. The van der Waals surface area contributed by atoms with E-state index in [-0.39, 0.29) is 59.1 Å². The Bertz CT molecular complexity index is 831. The van der Waals surface area contributed by atoms with Crippen LogP contribution in [-0.2, 0) is 12.7 Å². The van der Waals surface area contributed by atoms with Crippen molar-refractivity contribution in [3.63, 3.8) is 0 Å². The first-order valence-corrected chi connectivity index (χ1v) is 5.40. The second-order valence-corrected chi connectivity index (χ2v) is 4.06. The van der Waals surface area contributed by atoms with Crippen molar-refractivity contribution in [1.82, 2.24) is 9.88 Å². The van der Waals surface area contributed by atoms with Crippen molar-refractivity contribution in [2.75, 3.05) is 27.2 Å². The van der Waals surface area contributed by atoms with Gasteiger partial charge in [0.2, 0.25) is 0 Å². The molecule has 17 heavy (non-hydrogen) atoms. The highest BCUT2D eigenvalue weighted by Gasteiger charge is 2.16. The average Bonchev–Trinajstić information content (AvgIpc) is 2.84. The van der Waals surface area contributed by atoms with Crippen LogP contribution in [0, 0.1) is 0 Å². The number of likely N-dealkylation sites (N-methyl/N-ethyl adjacent to an activating group) is 1. The molecule has 0 amide bonds. The van der Waals surface area contributed by atoms with Gasteiger partial charge in [-0.05, 0) is 31.1 Å². The highest BCUT2D eigenvalue weighted by molar-refractivity contribution is 5.86. The van der Waals surface area contributed by atoms with Crippen molar-refractivity contribution >= 4 is 10.9 Å². The first kappa shape index (κ1) is 5.44. The van der Waals surface area contributed by atoms with Crippen molar-refractivity contribution in [1.29, 1.82) is 0 Å². The Morgan fingerprint density at radius 2 is 2.24 bits per heavy atom. The summed E-state index contributed by atoms with van der Waals surface area (Å²) in [4.78, 5) is 4.39. The number of nitrogens with zero attached hydrogens (tertiary/aromatic N) is 1. The van der Waals surface area contributed by atoms with Crippen LogP contribution < -0.4 is 4.74 Å². The molecule has 0 saturated carbocycles. The number of hydrogen-bond donors (Lipinski definition) is 1. The van der Waals surface area contributed by atoms with E-state index in [0.717, 1.165) is 0 Å². The molecular weight excluding hydrogens is 212 g/mol. The van der Waals surface area contributed by atoms with Crippen LogP contribution >= 0.6 is 0 Å². The molecule has 0 saturated heterocycles. The minimum atomic E-state index is -1.92. The number of hydrogen-bond acceptors (Lipinski definition) is 2. The number of nitrogens with one attached hydrogen (secondary N) is 1. The van der Waals surface area contributed by atoms with E-state index < -0.39 is 12.7 Å². The summed E-state index contributed by atoms with van der Waals surface area (Å²) in [5.41, 5.74) is 0.193. The highest BCUT2D eigenvalue weighted by Crippen LogP contribution is 2.28. The topological polar surface area (TPSA) is 28.3 Å². The summed E-state index contributed by atoms with van der Waals surface area (Å²) >= 11 is 0. The third-order valence-corrected chi connectivity index (χ3v) is 2.80. The predicted molar refractivity (Wildman–Crippen MR) is 69.8 cm³/mol. The minimum absolute atomic E-state index is 0.0160. The third kappa shape index (κ3) is 1.80. The molecule has 1 N–H and O–H groups in total. The van der Waals surface area contributed by atoms with Gasteiger partial charge in [0.25, 0.3) is 0 Å². The van der Waals surface area contributed by atoms with Crippen molar-refractivity contribution in [2.45, 2.75) is 12.7 Å². The van der Waals surface area contributed by atoms with E-state index in [1.54, 1.807) is 11.9 Å².